The molecule has 1 heterocycles. The van der Waals surface area contributed by atoms with E-state index in [1.807, 2.05) is 63.2 Å². The van der Waals surface area contributed by atoms with Gasteiger partial charge >= 0.3 is 0 Å². The van der Waals surface area contributed by atoms with E-state index in [0.717, 1.165) is 33.3 Å². The molecule has 0 bridgehead atoms. The first kappa shape index (κ1) is 18.6. The number of amides is 2. The Kier molecular flexibility index (Phi) is 5.21. The van der Waals surface area contributed by atoms with Crippen molar-refractivity contribution >= 4 is 28.4 Å². The Labute approximate surface area is 158 Å². The molecule has 2 aromatic carbocycles. The number of nitrogens with one attached hydrogen (secondary N) is 2. The average molecular weight is 361 g/mol. The largest absolute Gasteiger partial charge is 0.343 e. The quantitative estimate of drug-likeness (QED) is 0.742. The number of aromatic nitrogens is 1. The number of hydrogen-bond acceptors (Lipinski definition) is 3. The van der Waals surface area contributed by atoms with Crippen molar-refractivity contribution in [1.29, 1.82) is 0 Å². The Balaban J connectivity index is 1.70. The molecule has 1 aromatic heterocycles. The summed E-state index contributed by atoms with van der Waals surface area (Å²) in [6.45, 7) is 7.64. The van der Waals surface area contributed by atoms with E-state index in [1.54, 1.807) is 6.92 Å². The standard InChI is InChI=1S/C22H23N3O2/c1-13-8-9-20-17(10-13)11-18(16(4)24-20)22(27)23-12-21(26)25-19-7-5-6-14(2)15(19)3/h5-11H,12H2,1-4H3,(H,23,27)(H,25,26). The van der Waals surface area contributed by atoms with Crippen molar-refractivity contribution in [2.75, 3.05) is 11.9 Å². The molecule has 3 rings (SSSR count). The van der Waals surface area contributed by atoms with Gasteiger partial charge in [-0.25, -0.2) is 0 Å². The molecule has 0 aliphatic carbocycles. The van der Waals surface area contributed by atoms with E-state index in [1.165, 1.54) is 0 Å². The minimum atomic E-state index is -0.306. The molecular weight excluding hydrogens is 338 g/mol. The van der Waals surface area contributed by atoms with E-state index in [9.17, 15) is 9.59 Å². The summed E-state index contributed by atoms with van der Waals surface area (Å²) in [6.07, 6.45) is 0. The fraction of sp³-hybridized carbons (Fsp3) is 0.227. The Morgan fingerprint density at radius 1 is 1.00 bits per heavy atom. The van der Waals surface area contributed by atoms with E-state index < -0.39 is 0 Å². The Hall–Kier alpha value is -3.21. The van der Waals surface area contributed by atoms with Crippen LogP contribution in [-0.2, 0) is 4.79 Å². The smallest absolute Gasteiger partial charge is 0.253 e. The first-order valence-electron chi connectivity index (χ1n) is 8.87. The van der Waals surface area contributed by atoms with Gasteiger partial charge in [-0.1, -0.05) is 23.8 Å². The Morgan fingerprint density at radius 3 is 2.56 bits per heavy atom. The van der Waals surface area contributed by atoms with Crippen molar-refractivity contribution in [2.24, 2.45) is 0 Å². The zero-order valence-electron chi connectivity index (χ0n) is 16.0. The van der Waals surface area contributed by atoms with E-state index >= 15 is 0 Å². The van der Waals surface area contributed by atoms with Crippen LogP contribution in [0.4, 0.5) is 5.69 Å². The van der Waals surface area contributed by atoms with Crippen LogP contribution in [0.2, 0.25) is 0 Å². The van der Waals surface area contributed by atoms with E-state index in [4.69, 9.17) is 0 Å². The van der Waals surface area contributed by atoms with Gasteiger partial charge in [0, 0.05) is 11.1 Å². The first-order valence-corrected chi connectivity index (χ1v) is 8.87. The van der Waals surface area contributed by atoms with Gasteiger partial charge in [0.1, 0.15) is 0 Å². The highest BCUT2D eigenvalue weighted by atomic mass is 16.2. The highest BCUT2D eigenvalue weighted by molar-refractivity contribution is 6.02. The van der Waals surface area contributed by atoms with Gasteiger partial charge in [-0.2, -0.15) is 0 Å². The number of carbonyl (C=O) groups excluding carboxylic acids is 2. The lowest BCUT2D eigenvalue weighted by Crippen LogP contribution is -2.33. The number of hydrogen-bond donors (Lipinski definition) is 2. The van der Waals surface area contributed by atoms with Gasteiger partial charge in [0.15, 0.2) is 0 Å². The van der Waals surface area contributed by atoms with Gasteiger partial charge in [0.25, 0.3) is 5.91 Å². The summed E-state index contributed by atoms with van der Waals surface area (Å²) in [5, 5.41) is 6.43. The second-order valence-corrected chi connectivity index (χ2v) is 6.80. The zero-order valence-corrected chi connectivity index (χ0v) is 16.0. The molecule has 0 aliphatic rings. The summed E-state index contributed by atoms with van der Waals surface area (Å²) in [6, 6.07) is 13.5. The number of carbonyl (C=O) groups is 2. The zero-order chi connectivity index (χ0) is 19.6. The van der Waals surface area contributed by atoms with Gasteiger partial charge in [-0.15, -0.1) is 0 Å². The third-order valence-electron chi connectivity index (χ3n) is 4.69. The number of fused-ring (bicyclic) bond motifs is 1. The summed E-state index contributed by atoms with van der Waals surface area (Å²) in [7, 11) is 0. The summed E-state index contributed by atoms with van der Waals surface area (Å²) in [5.74, 6) is -0.571. The molecule has 0 saturated heterocycles. The molecule has 2 amide bonds. The topological polar surface area (TPSA) is 71.1 Å². The lowest BCUT2D eigenvalue weighted by molar-refractivity contribution is -0.115. The highest BCUT2D eigenvalue weighted by Crippen LogP contribution is 2.19. The number of pyridine rings is 1. The average Bonchev–Trinajstić information content (AvgIpc) is 2.63. The third-order valence-corrected chi connectivity index (χ3v) is 4.69. The predicted octanol–water partition coefficient (Wildman–Crippen LogP) is 3.84. The van der Waals surface area contributed by atoms with Crippen molar-refractivity contribution in [3.05, 3.63) is 70.4 Å². The monoisotopic (exact) mass is 361 g/mol. The van der Waals surface area contributed by atoms with Crippen LogP contribution in [0, 0.1) is 27.7 Å². The fourth-order valence-corrected chi connectivity index (χ4v) is 2.96. The summed E-state index contributed by atoms with van der Waals surface area (Å²) in [4.78, 5) is 29.2. The normalized spacial score (nSPS) is 10.7. The second kappa shape index (κ2) is 7.58. The minimum Gasteiger partial charge on any atom is -0.343 e. The molecule has 5 heteroatoms. The van der Waals surface area contributed by atoms with Gasteiger partial charge < -0.3 is 10.6 Å². The number of anilines is 1. The van der Waals surface area contributed by atoms with Gasteiger partial charge in [-0.05, 0) is 63.1 Å². The molecule has 2 N–H and O–H groups in total. The molecule has 0 spiro atoms. The molecule has 0 atom stereocenters. The Morgan fingerprint density at radius 2 is 1.78 bits per heavy atom. The molecule has 0 aliphatic heterocycles. The van der Waals surface area contributed by atoms with Crippen LogP contribution in [0.15, 0.2) is 42.5 Å². The number of nitrogens with zero attached hydrogens (tertiary/aromatic N) is 1. The van der Waals surface area contributed by atoms with E-state index in [2.05, 4.69) is 15.6 Å². The van der Waals surface area contributed by atoms with E-state index in [0.29, 0.717) is 11.3 Å². The van der Waals surface area contributed by atoms with Crippen molar-refractivity contribution in [3.63, 3.8) is 0 Å². The molecule has 27 heavy (non-hydrogen) atoms. The maximum absolute atomic E-state index is 12.5. The first-order chi connectivity index (χ1) is 12.8. The molecule has 0 saturated carbocycles. The second-order valence-electron chi connectivity index (χ2n) is 6.80. The lowest BCUT2D eigenvalue weighted by Gasteiger charge is -2.12. The molecule has 0 fully saturated rings. The van der Waals surface area contributed by atoms with Crippen molar-refractivity contribution in [3.8, 4) is 0 Å². The molecule has 5 nitrogen and oxygen atoms in total. The van der Waals surface area contributed by atoms with Crippen molar-refractivity contribution < 1.29 is 9.59 Å². The number of rotatable bonds is 4. The van der Waals surface area contributed by atoms with Crippen LogP contribution in [-0.4, -0.2) is 23.3 Å². The highest BCUT2D eigenvalue weighted by Gasteiger charge is 2.13. The van der Waals surface area contributed by atoms with Gasteiger partial charge in [-0.3, -0.25) is 14.6 Å². The predicted molar refractivity (Wildman–Crippen MR) is 108 cm³/mol. The maximum Gasteiger partial charge on any atom is 0.253 e. The summed E-state index contributed by atoms with van der Waals surface area (Å²) in [5.41, 5.74) is 5.95. The van der Waals surface area contributed by atoms with Crippen LogP contribution in [0.3, 0.4) is 0 Å². The van der Waals surface area contributed by atoms with Gasteiger partial charge in [0.2, 0.25) is 5.91 Å². The molecule has 0 unspecified atom stereocenters. The molecule has 0 radical (unpaired) electrons. The van der Waals surface area contributed by atoms with Crippen LogP contribution in [0.5, 0.6) is 0 Å². The number of aryl methyl sites for hydroxylation is 3. The SMILES string of the molecule is Cc1ccc2nc(C)c(C(=O)NCC(=O)Nc3cccc(C)c3C)cc2c1. The molecule has 3 aromatic rings. The van der Waals surface area contributed by atoms with Crippen LogP contribution < -0.4 is 10.6 Å². The minimum absolute atomic E-state index is 0.0997. The molecular formula is C22H23N3O2. The fourth-order valence-electron chi connectivity index (χ4n) is 2.96. The Bertz CT molecular complexity index is 1040. The number of benzene rings is 2. The molecule has 138 valence electrons. The summed E-state index contributed by atoms with van der Waals surface area (Å²) < 4.78 is 0. The third kappa shape index (κ3) is 4.14. The van der Waals surface area contributed by atoms with Crippen LogP contribution >= 0.6 is 0 Å². The van der Waals surface area contributed by atoms with Crippen molar-refractivity contribution in [1.82, 2.24) is 10.3 Å². The lowest BCUT2D eigenvalue weighted by atomic mass is 10.1. The van der Waals surface area contributed by atoms with Gasteiger partial charge in [0.05, 0.1) is 23.3 Å². The maximum atomic E-state index is 12.5. The van der Waals surface area contributed by atoms with E-state index in [-0.39, 0.29) is 18.4 Å². The summed E-state index contributed by atoms with van der Waals surface area (Å²) >= 11 is 0. The van der Waals surface area contributed by atoms with Crippen molar-refractivity contribution in [2.45, 2.75) is 27.7 Å². The van der Waals surface area contributed by atoms with Crippen LogP contribution in [0.25, 0.3) is 10.9 Å². The van der Waals surface area contributed by atoms with Crippen LogP contribution in [0.1, 0.15) is 32.7 Å².